The lowest BCUT2D eigenvalue weighted by atomic mass is 10.2. The number of hydrogen-bond acceptors (Lipinski definition) is 3. The molecule has 0 heterocycles. The molecule has 68 valence electrons. The van der Waals surface area contributed by atoms with Crippen LogP contribution in [-0.4, -0.2) is 18.4 Å². The molecule has 0 rings (SSSR count). The molecule has 0 atom stereocenters. The van der Waals surface area contributed by atoms with Gasteiger partial charge in [-0.1, -0.05) is 13.8 Å². The van der Waals surface area contributed by atoms with Gasteiger partial charge < -0.3 is 4.74 Å². The zero-order valence-corrected chi connectivity index (χ0v) is 7.66. The first kappa shape index (κ1) is 10.9. The van der Waals surface area contributed by atoms with Gasteiger partial charge in [0.1, 0.15) is 0 Å². The number of allylic oxidation sites excluding steroid dienone is 1. The van der Waals surface area contributed by atoms with E-state index in [1.54, 1.807) is 0 Å². The lowest BCUT2D eigenvalue weighted by Gasteiger charge is -2.03. The summed E-state index contributed by atoms with van der Waals surface area (Å²) >= 11 is 0. The van der Waals surface area contributed by atoms with Gasteiger partial charge in [-0.15, -0.1) is 0 Å². The topological polar surface area (TPSA) is 43.4 Å². The molecule has 0 bridgehead atoms. The summed E-state index contributed by atoms with van der Waals surface area (Å²) in [6.45, 7) is 5.66. The molecular formula is C9H14O3. The first-order valence-corrected chi connectivity index (χ1v) is 3.87. The number of ether oxygens (including phenoxy) is 1. The van der Waals surface area contributed by atoms with Crippen molar-refractivity contribution in [3.63, 3.8) is 0 Å². The average Bonchev–Trinajstić information content (AvgIpc) is 1.96. The van der Waals surface area contributed by atoms with E-state index in [1.807, 2.05) is 13.8 Å². The van der Waals surface area contributed by atoms with Gasteiger partial charge in [0, 0.05) is 6.08 Å². The predicted molar refractivity (Wildman–Crippen MR) is 45.6 cm³/mol. The zero-order chi connectivity index (χ0) is 9.56. The molecule has 0 aromatic heterocycles. The van der Waals surface area contributed by atoms with Gasteiger partial charge in [-0.05, 0) is 18.9 Å². The fraction of sp³-hybridized carbons (Fsp3) is 0.556. The summed E-state index contributed by atoms with van der Waals surface area (Å²) in [5.74, 6) is -0.296. The average molecular weight is 170 g/mol. The van der Waals surface area contributed by atoms with Crippen molar-refractivity contribution in [2.45, 2.75) is 20.8 Å². The summed E-state index contributed by atoms with van der Waals surface area (Å²) in [5, 5.41) is 0. The Labute approximate surface area is 72.4 Å². The SMILES string of the molecule is CC(=O)/C=C/C(=O)OCC(C)C. The Bertz CT molecular complexity index is 192. The number of ketones is 1. The van der Waals surface area contributed by atoms with Crippen molar-refractivity contribution >= 4 is 11.8 Å². The summed E-state index contributed by atoms with van der Waals surface area (Å²) in [6.07, 6.45) is 2.34. The van der Waals surface area contributed by atoms with Crippen LogP contribution in [0.15, 0.2) is 12.2 Å². The van der Waals surface area contributed by atoms with Crippen molar-refractivity contribution in [2.24, 2.45) is 5.92 Å². The van der Waals surface area contributed by atoms with Gasteiger partial charge in [0.15, 0.2) is 5.78 Å². The second-order valence-electron chi connectivity index (χ2n) is 2.97. The van der Waals surface area contributed by atoms with Crippen LogP contribution in [0, 0.1) is 5.92 Å². The fourth-order valence-electron chi connectivity index (χ4n) is 0.482. The van der Waals surface area contributed by atoms with Crippen LogP contribution in [0.1, 0.15) is 20.8 Å². The Kier molecular flexibility index (Phi) is 5.00. The fourth-order valence-corrected chi connectivity index (χ4v) is 0.482. The van der Waals surface area contributed by atoms with Crippen molar-refractivity contribution in [1.29, 1.82) is 0 Å². The zero-order valence-electron chi connectivity index (χ0n) is 7.66. The molecule has 0 aromatic carbocycles. The quantitative estimate of drug-likeness (QED) is 0.472. The molecule has 0 fully saturated rings. The molecule has 0 aliphatic heterocycles. The van der Waals surface area contributed by atoms with Crippen LogP contribution in [0.5, 0.6) is 0 Å². The van der Waals surface area contributed by atoms with Crippen LogP contribution in [0.25, 0.3) is 0 Å². The molecule has 0 spiro atoms. The highest BCUT2D eigenvalue weighted by Crippen LogP contribution is 1.93. The van der Waals surface area contributed by atoms with Gasteiger partial charge in [-0.25, -0.2) is 4.79 Å². The highest BCUT2D eigenvalue weighted by atomic mass is 16.5. The van der Waals surface area contributed by atoms with Crippen LogP contribution in [0.2, 0.25) is 0 Å². The van der Waals surface area contributed by atoms with E-state index < -0.39 is 5.97 Å². The summed E-state index contributed by atoms with van der Waals surface area (Å²) in [4.78, 5) is 21.2. The van der Waals surface area contributed by atoms with E-state index in [0.29, 0.717) is 12.5 Å². The van der Waals surface area contributed by atoms with Crippen molar-refractivity contribution < 1.29 is 14.3 Å². The van der Waals surface area contributed by atoms with Crippen LogP contribution in [-0.2, 0) is 14.3 Å². The molecule has 3 heteroatoms. The Hall–Kier alpha value is -1.12. The molecule has 0 amide bonds. The minimum atomic E-state index is -0.459. The van der Waals surface area contributed by atoms with E-state index in [1.165, 1.54) is 13.0 Å². The number of carbonyl (C=O) groups is 2. The molecule has 0 aliphatic rings. The summed E-state index contributed by atoms with van der Waals surface area (Å²) < 4.78 is 4.78. The molecule has 0 unspecified atom stereocenters. The highest BCUT2D eigenvalue weighted by Gasteiger charge is 1.99. The van der Waals surface area contributed by atoms with E-state index in [2.05, 4.69) is 0 Å². The van der Waals surface area contributed by atoms with E-state index in [4.69, 9.17) is 4.74 Å². The van der Waals surface area contributed by atoms with E-state index in [-0.39, 0.29) is 5.78 Å². The number of rotatable bonds is 4. The lowest BCUT2D eigenvalue weighted by Crippen LogP contribution is -2.07. The van der Waals surface area contributed by atoms with Crippen molar-refractivity contribution in [1.82, 2.24) is 0 Å². The summed E-state index contributed by atoms with van der Waals surface area (Å²) in [5.41, 5.74) is 0. The highest BCUT2D eigenvalue weighted by molar-refractivity contribution is 5.94. The Morgan fingerprint density at radius 3 is 2.33 bits per heavy atom. The minimum absolute atomic E-state index is 0.156. The van der Waals surface area contributed by atoms with E-state index in [9.17, 15) is 9.59 Å². The standard InChI is InChI=1S/C9H14O3/c1-7(2)6-12-9(11)5-4-8(3)10/h4-5,7H,6H2,1-3H3/b5-4+. The first-order chi connectivity index (χ1) is 5.52. The Morgan fingerprint density at radius 2 is 1.92 bits per heavy atom. The third-order valence-corrected chi connectivity index (χ3v) is 1.01. The van der Waals surface area contributed by atoms with Crippen LogP contribution in [0.3, 0.4) is 0 Å². The van der Waals surface area contributed by atoms with Gasteiger partial charge in [-0.3, -0.25) is 4.79 Å². The third-order valence-electron chi connectivity index (χ3n) is 1.01. The molecule has 0 saturated carbocycles. The smallest absolute Gasteiger partial charge is 0.330 e. The molecule has 0 aliphatic carbocycles. The lowest BCUT2D eigenvalue weighted by molar-refractivity contribution is -0.139. The van der Waals surface area contributed by atoms with E-state index >= 15 is 0 Å². The van der Waals surface area contributed by atoms with Crippen molar-refractivity contribution in [2.75, 3.05) is 6.61 Å². The van der Waals surface area contributed by atoms with Gasteiger partial charge in [0.25, 0.3) is 0 Å². The van der Waals surface area contributed by atoms with Crippen LogP contribution in [0.4, 0.5) is 0 Å². The maximum Gasteiger partial charge on any atom is 0.330 e. The molecule has 0 radical (unpaired) electrons. The normalized spacial score (nSPS) is 10.7. The molecule has 12 heavy (non-hydrogen) atoms. The molecule has 0 saturated heterocycles. The number of esters is 1. The second kappa shape index (κ2) is 5.52. The second-order valence-corrected chi connectivity index (χ2v) is 2.97. The monoisotopic (exact) mass is 170 g/mol. The molecular weight excluding hydrogens is 156 g/mol. The van der Waals surface area contributed by atoms with Crippen molar-refractivity contribution in [3.8, 4) is 0 Å². The molecule has 3 nitrogen and oxygen atoms in total. The summed E-state index contributed by atoms with van der Waals surface area (Å²) in [6, 6.07) is 0. The maximum absolute atomic E-state index is 10.8. The maximum atomic E-state index is 10.8. The van der Waals surface area contributed by atoms with Gasteiger partial charge in [0.2, 0.25) is 0 Å². The number of carbonyl (C=O) groups excluding carboxylic acids is 2. The molecule has 0 N–H and O–H groups in total. The van der Waals surface area contributed by atoms with Gasteiger partial charge in [0.05, 0.1) is 6.61 Å². The van der Waals surface area contributed by atoms with Crippen LogP contribution < -0.4 is 0 Å². The summed E-state index contributed by atoms with van der Waals surface area (Å²) in [7, 11) is 0. The van der Waals surface area contributed by atoms with Crippen molar-refractivity contribution in [3.05, 3.63) is 12.2 Å². The Balaban J connectivity index is 3.67. The minimum Gasteiger partial charge on any atom is -0.462 e. The van der Waals surface area contributed by atoms with Gasteiger partial charge >= 0.3 is 5.97 Å². The van der Waals surface area contributed by atoms with E-state index in [0.717, 1.165) is 6.08 Å². The molecule has 0 aromatic rings. The first-order valence-electron chi connectivity index (χ1n) is 3.87. The van der Waals surface area contributed by atoms with Gasteiger partial charge in [-0.2, -0.15) is 0 Å². The third kappa shape index (κ3) is 6.99. The number of hydrogen-bond donors (Lipinski definition) is 0. The predicted octanol–water partition coefficient (Wildman–Crippen LogP) is 1.33. The Morgan fingerprint density at radius 1 is 1.33 bits per heavy atom. The largest absolute Gasteiger partial charge is 0.462 e. The van der Waals surface area contributed by atoms with Crippen LogP contribution >= 0.6 is 0 Å².